The van der Waals surface area contributed by atoms with Crippen molar-refractivity contribution in [2.24, 2.45) is 5.92 Å². The smallest absolute Gasteiger partial charge is 0.310 e. The summed E-state index contributed by atoms with van der Waals surface area (Å²) < 4.78 is 5.05. The number of piperidine rings is 1. The lowest BCUT2D eigenvalue weighted by molar-refractivity contribution is -0.152. The normalized spacial score (nSPS) is 16.9. The lowest BCUT2D eigenvalue weighted by atomic mass is 9.98. The summed E-state index contributed by atoms with van der Waals surface area (Å²) in [6.45, 7) is 4.20. The molecular formula is C21H27Cl2N3O5. The summed E-state index contributed by atoms with van der Waals surface area (Å²) in [5.41, 5.74) is 0.158. The Morgan fingerprint density at radius 1 is 1.29 bits per heavy atom. The van der Waals surface area contributed by atoms with Crippen molar-refractivity contribution in [1.29, 1.82) is 0 Å². The van der Waals surface area contributed by atoms with E-state index in [0.29, 0.717) is 26.0 Å². The van der Waals surface area contributed by atoms with Crippen molar-refractivity contribution in [2.45, 2.75) is 32.7 Å². The Bertz CT molecular complexity index is 848. The van der Waals surface area contributed by atoms with Crippen molar-refractivity contribution < 1.29 is 23.9 Å². The maximum atomic E-state index is 12.6. The first kappa shape index (κ1) is 24.9. The molecule has 1 aliphatic heterocycles. The molecular weight excluding hydrogens is 445 g/mol. The van der Waals surface area contributed by atoms with Gasteiger partial charge in [-0.25, -0.2) is 0 Å². The third-order valence-corrected chi connectivity index (χ3v) is 5.88. The van der Waals surface area contributed by atoms with Gasteiger partial charge >= 0.3 is 5.97 Å². The largest absolute Gasteiger partial charge is 0.466 e. The highest BCUT2D eigenvalue weighted by molar-refractivity contribution is 6.43. The molecule has 3 amide bonds. The van der Waals surface area contributed by atoms with Gasteiger partial charge in [0.2, 0.25) is 11.8 Å². The van der Waals surface area contributed by atoms with Gasteiger partial charge in [-0.05, 0) is 38.8 Å². The summed E-state index contributed by atoms with van der Waals surface area (Å²) in [5.74, 6) is -1.89. The third kappa shape index (κ3) is 6.58. The molecule has 0 saturated carbocycles. The zero-order valence-electron chi connectivity index (χ0n) is 17.8. The van der Waals surface area contributed by atoms with Crippen molar-refractivity contribution in [3.8, 4) is 0 Å². The van der Waals surface area contributed by atoms with Crippen LogP contribution in [-0.2, 0) is 19.1 Å². The Kier molecular flexibility index (Phi) is 9.13. The number of likely N-dealkylation sites (tertiary alicyclic amines) is 1. The molecule has 1 heterocycles. The average Bonchev–Trinajstić information content (AvgIpc) is 2.75. The number of hydrogen-bond donors (Lipinski definition) is 1. The van der Waals surface area contributed by atoms with Gasteiger partial charge in [0, 0.05) is 20.1 Å². The Balaban J connectivity index is 1.92. The molecule has 1 aromatic carbocycles. The number of ether oxygens (including phenoxy) is 1. The Hall–Kier alpha value is -2.32. The Morgan fingerprint density at radius 2 is 2.00 bits per heavy atom. The maximum absolute atomic E-state index is 12.6. The van der Waals surface area contributed by atoms with Crippen molar-refractivity contribution >= 4 is 46.9 Å². The van der Waals surface area contributed by atoms with E-state index in [1.807, 2.05) is 0 Å². The highest BCUT2D eigenvalue weighted by atomic mass is 35.5. The second kappa shape index (κ2) is 11.3. The van der Waals surface area contributed by atoms with Gasteiger partial charge in [-0.15, -0.1) is 0 Å². The van der Waals surface area contributed by atoms with Gasteiger partial charge in [0.15, 0.2) is 0 Å². The number of halogens is 2. The zero-order valence-corrected chi connectivity index (χ0v) is 19.3. The van der Waals surface area contributed by atoms with Gasteiger partial charge in [-0.3, -0.25) is 19.2 Å². The van der Waals surface area contributed by atoms with Crippen LogP contribution < -0.4 is 5.32 Å². The number of nitrogens with one attached hydrogen (secondary N) is 1. The molecule has 8 nitrogen and oxygen atoms in total. The molecule has 2 rings (SSSR count). The van der Waals surface area contributed by atoms with Crippen molar-refractivity contribution in [2.75, 3.05) is 33.3 Å². The van der Waals surface area contributed by atoms with Crippen LogP contribution in [-0.4, -0.2) is 72.8 Å². The average molecular weight is 472 g/mol. The van der Waals surface area contributed by atoms with Crippen LogP contribution in [0.25, 0.3) is 0 Å². The van der Waals surface area contributed by atoms with Crippen LogP contribution in [0.5, 0.6) is 0 Å². The molecule has 1 aromatic rings. The van der Waals surface area contributed by atoms with Gasteiger partial charge in [-0.2, -0.15) is 0 Å². The van der Waals surface area contributed by atoms with Gasteiger partial charge in [0.25, 0.3) is 5.91 Å². The predicted octanol–water partition coefficient (Wildman–Crippen LogP) is 2.37. The maximum Gasteiger partial charge on any atom is 0.310 e. The van der Waals surface area contributed by atoms with Crippen LogP contribution in [0.15, 0.2) is 18.2 Å². The molecule has 0 radical (unpaired) electrons. The third-order valence-electron chi connectivity index (χ3n) is 5.06. The van der Waals surface area contributed by atoms with E-state index in [0.717, 1.165) is 0 Å². The van der Waals surface area contributed by atoms with Crippen LogP contribution in [0, 0.1) is 5.92 Å². The standard InChI is InChI=1S/C21H27Cl2N3O5/c1-4-31-21(30)14-7-6-10-26(11-14)17(27)12-25(3)20(29)13(2)24-19(28)15-8-5-9-16(22)18(15)23/h5,8-9,13-14H,4,6-7,10-12H2,1-3H3,(H,24,28)/t13-,14+/m0/s1. The summed E-state index contributed by atoms with van der Waals surface area (Å²) in [6.07, 6.45) is 1.37. The first-order valence-corrected chi connectivity index (χ1v) is 10.9. The molecule has 0 spiro atoms. The number of amides is 3. The molecule has 1 saturated heterocycles. The van der Waals surface area contributed by atoms with Crippen molar-refractivity contribution in [1.82, 2.24) is 15.1 Å². The Labute approximate surface area is 191 Å². The lowest BCUT2D eigenvalue weighted by Gasteiger charge is -2.33. The van der Waals surface area contributed by atoms with Gasteiger partial charge < -0.3 is 19.9 Å². The summed E-state index contributed by atoms with van der Waals surface area (Å²) >= 11 is 12.0. The van der Waals surface area contributed by atoms with Gasteiger partial charge in [0.1, 0.15) is 6.04 Å². The minimum absolute atomic E-state index is 0.103. The molecule has 0 aromatic heterocycles. The number of rotatable bonds is 7. The second-order valence-electron chi connectivity index (χ2n) is 7.42. The number of nitrogens with zero attached hydrogens (tertiary/aromatic N) is 2. The van der Waals surface area contributed by atoms with E-state index in [-0.39, 0.29) is 46.5 Å². The van der Waals surface area contributed by atoms with Crippen LogP contribution in [0.2, 0.25) is 10.0 Å². The first-order valence-electron chi connectivity index (χ1n) is 10.1. The quantitative estimate of drug-likeness (QED) is 0.615. The molecule has 0 unspecified atom stereocenters. The number of carbonyl (C=O) groups is 4. The monoisotopic (exact) mass is 471 g/mol. The number of benzene rings is 1. The summed E-state index contributed by atoms with van der Waals surface area (Å²) in [5, 5.41) is 2.91. The number of likely N-dealkylation sites (N-methyl/N-ethyl adjacent to an activating group) is 1. The van der Waals surface area contributed by atoms with Crippen molar-refractivity contribution in [3.63, 3.8) is 0 Å². The van der Waals surface area contributed by atoms with Gasteiger partial charge in [-0.1, -0.05) is 29.3 Å². The molecule has 1 fully saturated rings. The van der Waals surface area contributed by atoms with E-state index >= 15 is 0 Å². The number of carbonyl (C=O) groups excluding carboxylic acids is 4. The van der Waals surface area contributed by atoms with E-state index < -0.39 is 17.9 Å². The molecule has 0 bridgehead atoms. The van der Waals surface area contributed by atoms with Gasteiger partial charge in [0.05, 0.1) is 34.7 Å². The SMILES string of the molecule is CCOC(=O)[C@@H]1CCCN(C(=O)CN(C)C(=O)[C@H](C)NC(=O)c2cccc(Cl)c2Cl)C1. The number of esters is 1. The molecule has 2 atom stereocenters. The van der Waals surface area contributed by atoms with Crippen LogP contribution in [0.1, 0.15) is 37.0 Å². The van der Waals surface area contributed by atoms with E-state index in [1.165, 1.54) is 24.9 Å². The molecule has 10 heteroatoms. The first-order chi connectivity index (χ1) is 14.6. The topological polar surface area (TPSA) is 96.0 Å². The van der Waals surface area contributed by atoms with E-state index in [1.54, 1.807) is 24.0 Å². The summed E-state index contributed by atoms with van der Waals surface area (Å²) in [6, 6.07) is 3.77. The van der Waals surface area contributed by atoms with Crippen LogP contribution >= 0.6 is 23.2 Å². The highest BCUT2D eigenvalue weighted by Crippen LogP contribution is 2.25. The zero-order chi connectivity index (χ0) is 23.1. The summed E-state index contributed by atoms with van der Waals surface area (Å²) in [4.78, 5) is 52.5. The van der Waals surface area contributed by atoms with Crippen LogP contribution in [0.4, 0.5) is 0 Å². The Morgan fingerprint density at radius 3 is 2.68 bits per heavy atom. The predicted molar refractivity (Wildman–Crippen MR) is 117 cm³/mol. The molecule has 0 aliphatic carbocycles. The van der Waals surface area contributed by atoms with Crippen molar-refractivity contribution in [3.05, 3.63) is 33.8 Å². The fourth-order valence-electron chi connectivity index (χ4n) is 3.38. The van der Waals surface area contributed by atoms with Crippen LogP contribution in [0.3, 0.4) is 0 Å². The molecule has 31 heavy (non-hydrogen) atoms. The minimum Gasteiger partial charge on any atom is -0.466 e. The fourth-order valence-corrected chi connectivity index (χ4v) is 3.77. The molecule has 170 valence electrons. The minimum atomic E-state index is -0.881. The van der Waals surface area contributed by atoms with E-state index in [4.69, 9.17) is 27.9 Å². The summed E-state index contributed by atoms with van der Waals surface area (Å²) in [7, 11) is 1.49. The lowest BCUT2D eigenvalue weighted by Crippen LogP contribution is -2.50. The number of hydrogen-bond acceptors (Lipinski definition) is 5. The highest BCUT2D eigenvalue weighted by Gasteiger charge is 2.31. The molecule has 1 N–H and O–H groups in total. The molecule has 1 aliphatic rings. The fraction of sp³-hybridized carbons (Fsp3) is 0.524. The second-order valence-corrected chi connectivity index (χ2v) is 8.21. The van der Waals surface area contributed by atoms with E-state index in [2.05, 4.69) is 5.32 Å². The van der Waals surface area contributed by atoms with E-state index in [9.17, 15) is 19.2 Å².